The molecule has 0 fully saturated rings. The zero-order valence-corrected chi connectivity index (χ0v) is 11.6. The van der Waals surface area contributed by atoms with E-state index >= 15 is 0 Å². The van der Waals surface area contributed by atoms with Crippen LogP contribution in [0.1, 0.15) is 11.1 Å². The Hall–Kier alpha value is -1.49. The molecule has 2 rings (SSSR count). The minimum atomic E-state index is -0.757. The molecule has 0 radical (unpaired) electrons. The lowest BCUT2D eigenvalue weighted by Crippen LogP contribution is -2.41. The van der Waals surface area contributed by atoms with E-state index < -0.39 is 5.41 Å². The molecule has 3 N–H and O–H groups in total. The third-order valence-electron chi connectivity index (χ3n) is 3.52. The number of hydrogen-bond donors (Lipinski definition) is 2. The van der Waals surface area contributed by atoms with Crippen LogP contribution in [0, 0.1) is 5.82 Å². The SMILES string of the molecule is NCC(CO)(Cc1ccncc1Cl)c1cccc(F)c1. The maximum atomic E-state index is 13.4. The van der Waals surface area contributed by atoms with Crippen LogP contribution >= 0.6 is 11.6 Å². The smallest absolute Gasteiger partial charge is 0.123 e. The van der Waals surface area contributed by atoms with E-state index in [1.165, 1.54) is 12.1 Å². The summed E-state index contributed by atoms with van der Waals surface area (Å²) in [6.07, 6.45) is 3.59. The maximum Gasteiger partial charge on any atom is 0.123 e. The molecule has 0 spiro atoms. The van der Waals surface area contributed by atoms with Crippen molar-refractivity contribution in [3.63, 3.8) is 0 Å². The largest absolute Gasteiger partial charge is 0.395 e. The number of pyridine rings is 1. The predicted molar refractivity (Wildman–Crippen MR) is 77.2 cm³/mol. The highest BCUT2D eigenvalue weighted by atomic mass is 35.5. The molecule has 0 saturated heterocycles. The zero-order valence-electron chi connectivity index (χ0n) is 10.9. The van der Waals surface area contributed by atoms with Gasteiger partial charge in [-0.05, 0) is 35.7 Å². The second kappa shape index (κ2) is 6.31. The van der Waals surface area contributed by atoms with Crippen LogP contribution in [0.3, 0.4) is 0 Å². The zero-order chi connectivity index (χ0) is 14.6. The molecule has 0 amide bonds. The number of aliphatic hydroxyl groups excluding tert-OH is 1. The first-order valence-electron chi connectivity index (χ1n) is 6.27. The standard InChI is InChI=1S/C15H16ClFN2O/c16-14-8-19-5-4-11(14)7-15(9-18,10-20)12-2-1-3-13(17)6-12/h1-6,8,20H,7,9-10,18H2. The molecule has 0 bridgehead atoms. The minimum absolute atomic E-state index is 0.186. The number of nitrogens with two attached hydrogens (primary N) is 1. The van der Waals surface area contributed by atoms with Gasteiger partial charge in [-0.2, -0.15) is 0 Å². The Morgan fingerprint density at radius 1 is 1.35 bits per heavy atom. The van der Waals surface area contributed by atoms with E-state index in [0.717, 1.165) is 5.56 Å². The number of halogens is 2. The fraction of sp³-hybridized carbons (Fsp3) is 0.267. The molecule has 5 heteroatoms. The Kier molecular flexibility index (Phi) is 4.70. The van der Waals surface area contributed by atoms with Crippen molar-refractivity contribution in [2.75, 3.05) is 13.2 Å². The van der Waals surface area contributed by atoms with Crippen molar-refractivity contribution >= 4 is 11.6 Å². The Bertz CT molecular complexity index is 588. The average molecular weight is 295 g/mol. The summed E-state index contributed by atoms with van der Waals surface area (Å²) in [4.78, 5) is 3.93. The fourth-order valence-electron chi connectivity index (χ4n) is 2.23. The van der Waals surface area contributed by atoms with Gasteiger partial charge in [0.2, 0.25) is 0 Å². The van der Waals surface area contributed by atoms with Crippen molar-refractivity contribution in [1.29, 1.82) is 0 Å². The summed E-state index contributed by atoms with van der Waals surface area (Å²) in [5.41, 5.74) is 6.59. The Labute approximate surface area is 122 Å². The Morgan fingerprint density at radius 3 is 2.75 bits per heavy atom. The van der Waals surface area contributed by atoms with Gasteiger partial charge in [-0.25, -0.2) is 4.39 Å². The van der Waals surface area contributed by atoms with Gasteiger partial charge in [-0.3, -0.25) is 4.98 Å². The first-order chi connectivity index (χ1) is 9.61. The van der Waals surface area contributed by atoms with E-state index in [0.29, 0.717) is 17.0 Å². The van der Waals surface area contributed by atoms with Crippen LogP contribution < -0.4 is 5.73 Å². The molecule has 20 heavy (non-hydrogen) atoms. The van der Waals surface area contributed by atoms with Gasteiger partial charge in [0.05, 0.1) is 11.6 Å². The van der Waals surface area contributed by atoms with Crippen LogP contribution in [0.15, 0.2) is 42.7 Å². The fourth-order valence-corrected chi connectivity index (χ4v) is 2.42. The summed E-state index contributed by atoms with van der Waals surface area (Å²) < 4.78 is 13.4. The molecule has 1 atom stereocenters. The quantitative estimate of drug-likeness (QED) is 0.889. The van der Waals surface area contributed by atoms with Gasteiger partial charge in [-0.15, -0.1) is 0 Å². The molecule has 106 valence electrons. The van der Waals surface area contributed by atoms with Crippen molar-refractivity contribution < 1.29 is 9.50 Å². The van der Waals surface area contributed by atoms with Crippen LogP contribution in [-0.4, -0.2) is 23.2 Å². The molecular weight excluding hydrogens is 279 g/mol. The van der Waals surface area contributed by atoms with E-state index in [9.17, 15) is 9.50 Å². The maximum absolute atomic E-state index is 13.4. The van der Waals surface area contributed by atoms with Crippen molar-refractivity contribution in [2.45, 2.75) is 11.8 Å². The second-order valence-electron chi connectivity index (χ2n) is 4.80. The summed E-state index contributed by atoms with van der Waals surface area (Å²) >= 11 is 6.10. The lowest BCUT2D eigenvalue weighted by molar-refractivity contribution is 0.195. The third-order valence-corrected chi connectivity index (χ3v) is 3.86. The van der Waals surface area contributed by atoms with E-state index in [4.69, 9.17) is 17.3 Å². The molecule has 1 unspecified atom stereocenters. The highest BCUT2D eigenvalue weighted by Crippen LogP contribution is 2.30. The van der Waals surface area contributed by atoms with Crippen LogP contribution in [0.4, 0.5) is 4.39 Å². The van der Waals surface area contributed by atoms with Crippen LogP contribution in [-0.2, 0) is 11.8 Å². The van der Waals surface area contributed by atoms with E-state index in [1.807, 2.05) is 0 Å². The van der Waals surface area contributed by atoms with Crippen molar-refractivity contribution in [3.05, 3.63) is 64.7 Å². The first-order valence-corrected chi connectivity index (χ1v) is 6.64. The Morgan fingerprint density at radius 2 is 2.15 bits per heavy atom. The van der Waals surface area contributed by atoms with Gasteiger partial charge < -0.3 is 10.8 Å². The highest BCUT2D eigenvalue weighted by Gasteiger charge is 2.31. The van der Waals surface area contributed by atoms with E-state index in [-0.39, 0.29) is 19.0 Å². The number of aromatic nitrogens is 1. The predicted octanol–water partition coefficient (Wildman–Crippen LogP) is 2.31. The molecule has 0 saturated carbocycles. The number of rotatable bonds is 5. The number of hydrogen-bond acceptors (Lipinski definition) is 3. The molecule has 1 aromatic heterocycles. The summed E-state index contributed by atoms with van der Waals surface area (Å²) in [5.74, 6) is -0.352. The van der Waals surface area contributed by atoms with Gasteiger partial charge in [-0.1, -0.05) is 23.7 Å². The summed E-state index contributed by atoms with van der Waals surface area (Å²) in [7, 11) is 0. The molecule has 2 aromatic rings. The molecular formula is C15H16ClFN2O. The second-order valence-corrected chi connectivity index (χ2v) is 5.20. The topological polar surface area (TPSA) is 59.1 Å². The number of aliphatic hydroxyl groups is 1. The normalized spacial score (nSPS) is 14.0. The number of benzene rings is 1. The Balaban J connectivity index is 2.42. The van der Waals surface area contributed by atoms with Gasteiger partial charge in [0, 0.05) is 24.4 Å². The monoisotopic (exact) mass is 294 g/mol. The van der Waals surface area contributed by atoms with Gasteiger partial charge in [0.15, 0.2) is 0 Å². The lowest BCUT2D eigenvalue weighted by atomic mass is 9.76. The molecule has 0 aliphatic heterocycles. The van der Waals surface area contributed by atoms with Crippen LogP contribution in [0.25, 0.3) is 0 Å². The van der Waals surface area contributed by atoms with E-state index in [2.05, 4.69) is 4.98 Å². The van der Waals surface area contributed by atoms with Gasteiger partial charge in [0.1, 0.15) is 5.82 Å². The average Bonchev–Trinajstić information content (AvgIpc) is 2.47. The van der Waals surface area contributed by atoms with Crippen molar-refractivity contribution in [1.82, 2.24) is 4.98 Å². The van der Waals surface area contributed by atoms with Crippen LogP contribution in [0.5, 0.6) is 0 Å². The number of nitrogens with zero attached hydrogens (tertiary/aromatic N) is 1. The highest BCUT2D eigenvalue weighted by molar-refractivity contribution is 6.31. The van der Waals surface area contributed by atoms with Crippen molar-refractivity contribution in [2.24, 2.45) is 5.73 Å². The molecule has 0 aliphatic carbocycles. The van der Waals surface area contributed by atoms with Crippen LogP contribution in [0.2, 0.25) is 5.02 Å². The summed E-state index contributed by atoms with van der Waals surface area (Å²) in [5, 5.41) is 10.3. The summed E-state index contributed by atoms with van der Waals surface area (Å²) in [6, 6.07) is 7.92. The van der Waals surface area contributed by atoms with Gasteiger partial charge >= 0.3 is 0 Å². The molecule has 1 aromatic carbocycles. The van der Waals surface area contributed by atoms with Gasteiger partial charge in [0.25, 0.3) is 0 Å². The molecule has 1 heterocycles. The van der Waals surface area contributed by atoms with Crippen molar-refractivity contribution in [3.8, 4) is 0 Å². The van der Waals surface area contributed by atoms with E-state index in [1.54, 1.807) is 30.6 Å². The lowest BCUT2D eigenvalue weighted by Gasteiger charge is -2.31. The first kappa shape index (κ1) is 14.9. The molecule has 3 nitrogen and oxygen atoms in total. The third kappa shape index (κ3) is 2.98. The minimum Gasteiger partial charge on any atom is -0.395 e. The summed E-state index contributed by atoms with van der Waals surface area (Å²) in [6.45, 7) is -0.00277. The molecule has 0 aliphatic rings.